The van der Waals surface area contributed by atoms with Crippen molar-refractivity contribution in [1.82, 2.24) is 9.78 Å². The zero-order valence-corrected chi connectivity index (χ0v) is 27.8. The number of halogens is 4. The third kappa shape index (κ3) is 5.28. The fraction of sp³-hybridized carbons (Fsp3) is 0.606. The number of nitrogens with zero attached hydrogens (tertiary/aromatic N) is 2. The highest BCUT2D eigenvalue weighted by atomic mass is 32.2. The van der Waals surface area contributed by atoms with Gasteiger partial charge in [-0.05, 0) is 104 Å². The maximum Gasteiger partial charge on any atom is 0.490 e. The Morgan fingerprint density at radius 1 is 1.09 bits per heavy atom. The predicted molar refractivity (Wildman–Crippen MR) is 168 cm³/mol. The van der Waals surface area contributed by atoms with Crippen LogP contribution in [0.15, 0.2) is 36.0 Å². The van der Waals surface area contributed by atoms with Crippen molar-refractivity contribution in [1.29, 1.82) is 0 Å². The van der Waals surface area contributed by atoms with E-state index in [1.54, 1.807) is 23.0 Å². The molecular formula is C33H38F4N2O5S2. The van der Waals surface area contributed by atoms with Gasteiger partial charge in [0.05, 0.1) is 23.5 Å². The molecule has 1 heterocycles. The van der Waals surface area contributed by atoms with Gasteiger partial charge in [-0.25, -0.2) is 18.7 Å². The van der Waals surface area contributed by atoms with E-state index >= 15 is 0 Å². The van der Waals surface area contributed by atoms with Gasteiger partial charge >= 0.3 is 18.1 Å². The van der Waals surface area contributed by atoms with Crippen molar-refractivity contribution in [3.63, 3.8) is 0 Å². The third-order valence-corrected chi connectivity index (χ3v) is 11.9. The molecule has 0 spiro atoms. The van der Waals surface area contributed by atoms with E-state index in [1.807, 2.05) is 19.4 Å². The Hall–Kier alpha value is -2.51. The van der Waals surface area contributed by atoms with E-state index < -0.39 is 46.6 Å². The molecule has 7 atom stereocenters. The summed E-state index contributed by atoms with van der Waals surface area (Å²) < 4.78 is 74.2. The lowest BCUT2D eigenvalue weighted by atomic mass is 9.45. The van der Waals surface area contributed by atoms with Crippen molar-refractivity contribution in [2.75, 3.05) is 24.4 Å². The monoisotopic (exact) mass is 682 g/mol. The zero-order valence-electron chi connectivity index (χ0n) is 26.2. The van der Waals surface area contributed by atoms with E-state index in [9.17, 15) is 27.2 Å². The Bertz CT molecular complexity index is 1530. The molecule has 6 rings (SSSR count). The molecule has 0 unspecified atom stereocenters. The van der Waals surface area contributed by atoms with Crippen LogP contribution in [0, 0.1) is 34.4 Å². The zero-order chi connectivity index (χ0) is 33.1. The summed E-state index contributed by atoms with van der Waals surface area (Å²) in [5.74, 6) is -3.39. The minimum absolute atomic E-state index is 0.0357. The Balaban J connectivity index is 1.42. The Labute approximate surface area is 274 Å². The maximum atomic E-state index is 13.8. The molecule has 0 saturated heterocycles. The van der Waals surface area contributed by atoms with Crippen molar-refractivity contribution in [2.45, 2.75) is 70.3 Å². The van der Waals surface area contributed by atoms with Gasteiger partial charge in [-0.3, -0.25) is 0 Å². The molecular weight excluding hydrogens is 644 g/mol. The standard InChI is InChI=1S/C33H38F4N2O5S2/c1-30-14-19-16-38-39(22-8-6-21(34)7-9-22)25(19)13-20(30)5-10-23-24-11-12-32(43-18-46-4,28(40)42-17-45-3)31(24,2)15-26(27(23)30)44-29(41)33(35,36)37/h6-9,13,16,23-24,26-27H,5,10-12,14-15,17-18H2,1-4H3/t23-,24-,26-,27+,30-,31-,32-/m0/s1. The van der Waals surface area contributed by atoms with Gasteiger partial charge in [0.2, 0.25) is 0 Å². The number of benzene rings is 1. The van der Waals surface area contributed by atoms with Crippen molar-refractivity contribution in [3.8, 4) is 5.69 Å². The number of esters is 2. The number of carbonyl (C=O) groups is 2. The number of thioether (sulfide) groups is 2. The summed E-state index contributed by atoms with van der Waals surface area (Å²) in [6.07, 6.45) is 4.07. The molecule has 46 heavy (non-hydrogen) atoms. The van der Waals surface area contributed by atoms with Gasteiger partial charge in [-0.15, -0.1) is 23.5 Å². The largest absolute Gasteiger partial charge is 0.490 e. The van der Waals surface area contributed by atoms with Crippen LogP contribution in [0.25, 0.3) is 11.8 Å². The van der Waals surface area contributed by atoms with Crippen molar-refractivity contribution in [3.05, 3.63) is 53.1 Å². The highest BCUT2D eigenvalue weighted by molar-refractivity contribution is 7.98. The van der Waals surface area contributed by atoms with Crippen LogP contribution >= 0.6 is 23.5 Å². The quantitative estimate of drug-likeness (QED) is 0.164. The number of rotatable bonds is 8. The van der Waals surface area contributed by atoms with Crippen LogP contribution in [-0.4, -0.2) is 64.0 Å². The first-order valence-electron chi connectivity index (χ1n) is 15.4. The van der Waals surface area contributed by atoms with Crippen LogP contribution in [0.5, 0.6) is 0 Å². The van der Waals surface area contributed by atoms with Gasteiger partial charge in [0.15, 0.2) is 5.60 Å². The lowest BCUT2D eigenvalue weighted by molar-refractivity contribution is -0.231. The van der Waals surface area contributed by atoms with E-state index in [-0.39, 0.29) is 36.0 Å². The second kappa shape index (κ2) is 12.2. The average Bonchev–Trinajstić information content (AvgIpc) is 3.54. The van der Waals surface area contributed by atoms with Gasteiger partial charge in [-0.1, -0.05) is 19.4 Å². The third-order valence-electron chi connectivity index (χ3n) is 11.1. The lowest BCUT2D eigenvalue weighted by Gasteiger charge is -2.61. The van der Waals surface area contributed by atoms with Crippen LogP contribution in [0.2, 0.25) is 0 Å². The second-order valence-electron chi connectivity index (χ2n) is 13.4. The van der Waals surface area contributed by atoms with E-state index in [0.29, 0.717) is 37.8 Å². The molecule has 0 N–H and O–H groups in total. The minimum Gasteiger partial charge on any atom is -0.455 e. The number of hydrogen-bond acceptors (Lipinski definition) is 8. The van der Waals surface area contributed by atoms with E-state index in [1.165, 1.54) is 35.7 Å². The van der Waals surface area contributed by atoms with Gasteiger partial charge in [0, 0.05) is 11.3 Å². The van der Waals surface area contributed by atoms with Crippen LogP contribution in [-0.2, 0) is 30.2 Å². The Morgan fingerprint density at radius 3 is 2.48 bits per heavy atom. The SMILES string of the molecule is CSCOC(=O)[C@@]1(OCSC)CC[C@H]2[C@@H]3CCC4=Cc5c(cnn5-c5ccc(F)cc5)C[C@]4(C)[C@H]3[C@@H](OC(=O)C(F)(F)F)C[C@@]21C. The number of aromatic nitrogens is 2. The summed E-state index contributed by atoms with van der Waals surface area (Å²) in [6.45, 7) is 3.97. The smallest absolute Gasteiger partial charge is 0.455 e. The number of alkyl halides is 3. The van der Waals surface area contributed by atoms with Crippen LogP contribution in [0.3, 0.4) is 0 Å². The molecule has 2 aromatic rings. The fourth-order valence-corrected chi connectivity index (χ4v) is 9.80. The molecule has 1 aromatic heterocycles. The fourth-order valence-electron chi connectivity index (χ4n) is 9.26. The van der Waals surface area contributed by atoms with E-state index in [2.05, 4.69) is 18.1 Å². The molecule has 0 aliphatic heterocycles. The Kier molecular flexibility index (Phi) is 8.84. The molecule has 0 radical (unpaired) electrons. The molecule has 1 aromatic carbocycles. The molecule has 4 aliphatic rings. The number of allylic oxidation sites excluding steroid dienone is 1. The molecule has 0 amide bonds. The summed E-state index contributed by atoms with van der Waals surface area (Å²) in [5.41, 5.74) is 0.582. The van der Waals surface area contributed by atoms with E-state index in [4.69, 9.17) is 14.2 Å². The highest BCUT2D eigenvalue weighted by Crippen LogP contribution is 2.69. The maximum absolute atomic E-state index is 13.8. The van der Waals surface area contributed by atoms with Crippen molar-refractivity contribution < 1.29 is 41.4 Å². The molecule has 0 bridgehead atoms. The second-order valence-corrected chi connectivity index (χ2v) is 15.0. The molecule has 4 aliphatic carbocycles. The lowest BCUT2D eigenvalue weighted by Crippen LogP contribution is -2.63. The summed E-state index contributed by atoms with van der Waals surface area (Å²) in [7, 11) is 0. The first kappa shape index (κ1) is 33.4. The number of hydrogen-bond donors (Lipinski definition) is 0. The normalized spacial score (nSPS) is 33.3. The van der Waals surface area contributed by atoms with Gasteiger partial charge in [-0.2, -0.15) is 18.3 Å². The molecule has 7 nitrogen and oxygen atoms in total. The first-order valence-corrected chi connectivity index (χ1v) is 18.2. The van der Waals surface area contributed by atoms with Gasteiger partial charge in [0.25, 0.3) is 0 Å². The topological polar surface area (TPSA) is 79.7 Å². The number of carbonyl (C=O) groups excluding carboxylic acids is 2. The minimum atomic E-state index is -5.17. The average molecular weight is 683 g/mol. The summed E-state index contributed by atoms with van der Waals surface area (Å²) in [4.78, 5) is 26.3. The number of ether oxygens (including phenoxy) is 3. The van der Waals surface area contributed by atoms with Crippen molar-refractivity contribution in [2.24, 2.45) is 28.6 Å². The highest BCUT2D eigenvalue weighted by Gasteiger charge is 2.71. The van der Waals surface area contributed by atoms with Crippen LogP contribution < -0.4 is 0 Å². The summed E-state index contributed by atoms with van der Waals surface area (Å²) in [5, 5.41) is 4.59. The van der Waals surface area contributed by atoms with Crippen molar-refractivity contribution >= 4 is 41.5 Å². The van der Waals surface area contributed by atoms with Gasteiger partial charge in [0.1, 0.15) is 17.9 Å². The van der Waals surface area contributed by atoms with Gasteiger partial charge < -0.3 is 14.2 Å². The van der Waals surface area contributed by atoms with E-state index in [0.717, 1.165) is 16.8 Å². The Morgan fingerprint density at radius 2 is 1.80 bits per heavy atom. The first-order chi connectivity index (χ1) is 21.8. The van der Waals surface area contributed by atoms with Crippen LogP contribution in [0.1, 0.15) is 57.2 Å². The van der Waals surface area contributed by atoms with Crippen LogP contribution in [0.4, 0.5) is 17.6 Å². The molecule has 3 fully saturated rings. The molecule has 250 valence electrons. The molecule has 13 heteroatoms. The summed E-state index contributed by atoms with van der Waals surface area (Å²) >= 11 is 2.76. The number of fused-ring (bicyclic) bond motifs is 6. The summed E-state index contributed by atoms with van der Waals surface area (Å²) in [6, 6.07) is 6.04. The molecule has 3 saturated carbocycles. The predicted octanol–water partition coefficient (Wildman–Crippen LogP) is 7.22.